The zero-order valence-corrected chi connectivity index (χ0v) is 14.6. The van der Waals surface area contributed by atoms with E-state index in [9.17, 15) is 9.59 Å². The van der Waals surface area contributed by atoms with Gasteiger partial charge in [-0.05, 0) is 42.2 Å². The van der Waals surface area contributed by atoms with Crippen molar-refractivity contribution >= 4 is 17.6 Å². The molecule has 1 N–H and O–H groups in total. The quantitative estimate of drug-likeness (QED) is 0.765. The van der Waals surface area contributed by atoms with Crippen molar-refractivity contribution in [2.24, 2.45) is 0 Å². The summed E-state index contributed by atoms with van der Waals surface area (Å²) >= 11 is 0. The monoisotopic (exact) mass is 363 g/mol. The fraction of sp³-hybridized carbons (Fsp3) is 0.200. The van der Waals surface area contributed by atoms with Crippen LogP contribution in [0.15, 0.2) is 53.3 Å². The normalized spacial score (nSPS) is 15.9. The Labute approximate surface area is 155 Å². The summed E-state index contributed by atoms with van der Waals surface area (Å²) in [6.07, 6.45) is 3.90. The molecule has 1 atom stereocenters. The van der Waals surface area contributed by atoms with E-state index in [2.05, 4.69) is 15.3 Å². The van der Waals surface area contributed by atoms with Gasteiger partial charge in [-0.2, -0.15) is 0 Å². The van der Waals surface area contributed by atoms with Gasteiger partial charge >= 0.3 is 0 Å². The van der Waals surface area contributed by atoms with Crippen LogP contribution in [0.25, 0.3) is 0 Å². The van der Waals surface area contributed by atoms with Crippen LogP contribution in [0.5, 0.6) is 5.75 Å². The van der Waals surface area contributed by atoms with Crippen molar-refractivity contribution in [2.75, 3.05) is 12.4 Å². The zero-order chi connectivity index (χ0) is 18.8. The maximum Gasteiger partial charge on any atom is 0.293 e. The molecule has 2 aromatic heterocycles. The van der Waals surface area contributed by atoms with Crippen LogP contribution in [-0.2, 0) is 6.42 Å². The number of carbonyl (C=O) groups is 2. The lowest BCUT2D eigenvalue weighted by Gasteiger charge is -2.23. The molecular weight excluding hydrogens is 346 g/mol. The molecule has 0 fully saturated rings. The number of anilines is 1. The number of hydrogen-bond donors (Lipinski definition) is 1. The number of nitrogens with zero attached hydrogens (tertiary/aromatic N) is 2. The highest BCUT2D eigenvalue weighted by molar-refractivity contribution is 6.02. The molecule has 4 rings (SSSR count). The van der Waals surface area contributed by atoms with E-state index in [4.69, 9.17) is 9.15 Å². The molecule has 0 saturated heterocycles. The van der Waals surface area contributed by atoms with Gasteiger partial charge in [0.05, 0.1) is 24.6 Å². The summed E-state index contributed by atoms with van der Waals surface area (Å²) < 4.78 is 10.2. The van der Waals surface area contributed by atoms with E-state index < -0.39 is 5.91 Å². The Kier molecular flexibility index (Phi) is 4.42. The molecule has 1 aliphatic carbocycles. The van der Waals surface area contributed by atoms with Gasteiger partial charge in [-0.25, -0.2) is 9.97 Å². The molecule has 136 valence electrons. The minimum absolute atomic E-state index is 0.000907. The van der Waals surface area contributed by atoms with Crippen molar-refractivity contribution in [3.05, 3.63) is 71.4 Å². The first-order valence-electron chi connectivity index (χ1n) is 8.52. The number of ether oxygens (including phenoxy) is 1. The summed E-state index contributed by atoms with van der Waals surface area (Å²) in [4.78, 5) is 33.1. The molecule has 1 aromatic carbocycles. The summed E-state index contributed by atoms with van der Waals surface area (Å²) in [6.45, 7) is 0. The number of carbonyl (C=O) groups excluding carboxylic acids is 2. The third-order valence-corrected chi connectivity index (χ3v) is 4.60. The third kappa shape index (κ3) is 3.44. The second kappa shape index (κ2) is 7.03. The minimum atomic E-state index is -0.436. The highest BCUT2D eigenvalue weighted by Gasteiger charge is 2.28. The Morgan fingerprint density at radius 2 is 2.04 bits per heavy atom. The van der Waals surface area contributed by atoms with Crippen molar-refractivity contribution in [3.8, 4) is 5.75 Å². The molecular formula is C20H17N3O4. The molecule has 2 heterocycles. The van der Waals surface area contributed by atoms with E-state index in [0.717, 1.165) is 11.3 Å². The highest BCUT2D eigenvalue weighted by atomic mass is 16.5. The summed E-state index contributed by atoms with van der Waals surface area (Å²) in [7, 11) is 1.62. The van der Waals surface area contributed by atoms with E-state index in [0.29, 0.717) is 24.1 Å². The lowest BCUT2D eigenvalue weighted by molar-refractivity contribution is 0.0962. The molecule has 3 aromatic rings. The molecule has 1 amide bonds. The average molecular weight is 363 g/mol. The van der Waals surface area contributed by atoms with Gasteiger partial charge in [0.2, 0.25) is 5.95 Å². The number of nitrogens with one attached hydrogen (secondary N) is 1. The van der Waals surface area contributed by atoms with Gasteiger partial charge in [-0.1, -0.05) is 12.1 Å². The van der Waals surface area contributed by atoms with Gasteiger partial charge in [-0.3, -0.25) is 14.9 Å². The lowest BCUT2D eigenvalue weighted by atomic mass is 9.82. The van der Waals surface area contributed by atoms with E-state index in [1.807, 2.05) is 24.3 Å². The summed E-state index contributed by atoms with van der Waals surface area (Å²) in [5, 5.41) is 2.60. The third-order valence-electron chi connectivity index (χ3n) is 4.60. The van der Waals surface area contributed by atoms with E-state index >= 15 is 0 Å². The van der Waals surface area contributed by atoms with Crippen molar-refractivity contribution in [1.29, 1.82) is 0 Å². The van der Waals surface area contributed by atoms with Crippen LogP contribution < -0.4 is 10.1 Å². The molecule has 0 saturated carbocycles. The highest BCUT2D eigenvalue weighted by Crippen LogP contribution is 2.32. The van der Waals surface area contributed by atoms with E-state index in [1.54, 1.807) is 19.2 Å². The minimum Gasteiger partial charge on any atom is -0.497 e. The lowest BCUT2D eigenvalue weighted by Crippen LogP contribution is -2.22. The molecule has 27 heavy (non-hydrogen) atoms. The SMILES string of the molecule is COc1ccc([C@H]2CC(=O)c3cnc(NC(=O)c4ccco4)nc3C2)cc1. The summed E-state index contributed by atoms with van der Waals surface area (Å²) in [5.41, 5.74) is 2.20. The number of aromatic nitrogens is 2. The van der Waals surface area contributed by atoms with Gasteiger partial charge in [0.1, 0.15) is 5.75 Å². The van der Waals surface area contributed by atoms with Gasteiger partial charge in [0.25, 0.3) is 5.91 Å². The maximum absolute atomic E-state index is 12.5. The number of rotatable bonds is 4. The first-order valence-corrected chi connectivity index (χ1v) is 8.52. The maximum atomic E-state index is 12.5. The molecule has 0 spiro atoms. The van der Waals surface area contributed by atoms with E-state index in [-0.39, 0.29) is 23.4 Å². The molecule has 1 aliphatic rings. The standard InChI is InChI=1S/C20H17N3O4/c1-26-14-6-4-12(5-7-14)13-9-16-15(17(24)10-13)11-21-20(22-16)23-19(25)18-3-2-8-27-18/h2-8,11,13H,9-10H2,1H3,(H,21,22,23,25)/t13-/m1/s1. The molecule has 0 radical (unpaired) electrons. The molecule has 7 nitrogen and oxygen atoms in total. The number of furan rings is 1. The number of methoxy groups -OCH3 is 1. The van der Waals surface area contributed by atoms with E-state index in [1.165, 1.54) is 12.5 Å². The molecule has 0 unspecified atom stereocenters. The first kappa shape index (κ1) is 17.0. The number of amides is 1. The molecule has 7 heteroatoms. The van der Waals surface area contributed by atoms with Crippen LogP contribution in [0.4, 0.5) is 5.95 Å². The fourth-order valence-electron chi connectivity index (χ4n) is 3.19. The number of ketones is 1. The van der Waals surface area contributed by atoms with Crippen LogP contribution in [0.3, 0.4) is 0 Å². The second-order valence-electron chi connectivity index (χ2n) is 6.29. The van der Waals surface area contributed by atoms with Crippen molar-refractivity contribution < 1.29 is 18.7 Å². The Hall–Kier alpha value is -3.48. The smallest absolute Gasteiger partial charge is 0.293 e. The zero-order valence-electron chi connectivity index (χ0n) is 14.6. The second-order valence-corrected chi connectivity index (χ2v) is 6.29. The first-order chi connectivity index (χ1) is 13.1. The average Bonchev–Trinajstić information content (AvgIpc) is 3.23. The van der Waals surface area contributed by atoms with Crippen LogP contribution in [0.1, 0.15) is 44.5 Å². The number of benzene rings is 1. The fourth-order valence-corrected chi connectivity index (χ4v) is 3.19. The van der Waals surface area contributed by atoms with Crippen LogP contribution in [0.2, 0.25) is 0 Å². The Balaban J connectivity index is 1.56. The predicted octanol–water partition coefficient (Wildman–Crippen LogP) is 3.24. The number of fused-ring (bicyclic) bond motifs is 1. The Morgan fingerprint density at radius 3 is 2.74 bits per heavy atom. The summed E-state index contributed by atoms with van der Waals surface area (Å²) in [5.74, 6) is 0.683. The van der Waals surface area contributed by atoms with Gasteiger partial charge in [0.15, 0.2) is 11.5 Å². The van der Waals surface area contributed by atoms with Crippen molar-refractivity contribution in [1.82, 2.24) is 9.97 Å². The van der Waals surface area contributed by atoms with Crippen LogP contribution in [0, 0.1) is 0 Å². The number of Topliss-reactive ketones (excluding diaryl/α,β-unsaturated/α-hetero) is 1. The van der Waals surface area contributed by atoms with Gasteiger partial charge < -0.3 is 9.15 Å². The topological polar surface area (TPSA) is 94.3 Å². The Bertz CT molecular complexity index is 981. The van der Waals surface area contributed by atoms with Crippen molar-refractivity contribution in [2.45, 2.75) is 18.8 Å². The summed E-state index contributed by atoms with van der Waals surface area (Å²) in [6, 6.07) is 10.9. The molecule has 0 aliphatic heterocycles. The Morgan fingerprint density at radius 1 is 1.22 bits per heavy atom. The van der Waals surface area contributed by atoms with Crippen LogP contribution >= 0.6 is 0 Å². The predicted molar refractivity (Wildman–Crippen MR) is 97.1 cm³/mol. The largest absolute Gasteiger partial charge is 0.497 e. The number of hydrogen-bond acceptors (Lipinski definition) is 6. The van der Waals surface area contributed by atoms with Crippen LogP contribution in [-0.4, -0.2) is 28.8 Å². The molecule has 0 bridgehead atoms. The van der Waals surface area contributed by atoms with Gasteiger partial charge in [0, 0.05) is 12.6 Å². The van der Waals surface area contributed by atoms with Gasteiger partial charge in [-0.15, -0.1) is 0 Å². The van der Waals surface area contributed by atoms with Crippen molar-refractivity contribution in [3.63, 3.8) is 0 Å².